The number of benzene rings is 1. The number of anilines is 1. The van der Waals surface area contributed by atoms with E-state index in [9.17, 15) is 9.59 Å². The highest BCUT2D eigenvalue weighted by molar-refractivity contribution is 6.02. The number of hydrogen-bond donors (Lipinski definition) is 1. The molecule has 0 aromatic heterocycles. The molecule has 0 saturated carbocycles. The fourth-order valence-electron chi connectivity index (χ4n) is 3.91. The third-order valence-electron chi connectivity index (χ3n) is 5.00. The number of nitrogens with one attached hydrogen (secondary N) is 1. The Morgan fingerprint density at radius 1 is 0.931 bits per heavy atom. The van der Waals surface area contributed by atoms with Crippen LogP contribution in [-0.2, 0) is 33.2 Å². The van der Waals surface area contributed by atoms with E-state index in [0.717, 1.165) is 0 Å². The number of esters is 1. The van der Waals surface area contributed by atoms with Crippen molar-refractivity contribution in [3.05, 3.63) is 29.8 Å². The first-order chi connectivity index (χ1) is 13.6. The van der Waals surface area contributed by atoms with Crippen molar-refractivity contribution in [2.45, 2.75) is 70.0 Å². The molecule has 0 bridgehead atoms. The third-order valence-corrected chi connectivity index (χ3v) is 5.00. The van der Waals surface area contributed by atoms with Crippen LogP contribution in [0.15, 0.2) is 24.3 Å². The summed E-state index contributed by atoms with van der Waals surface area (Å²) in [5.74, 6) is -2.83. The second-order valence-electron chi connectivity index (χ2n) is 8.12. The lowest BCUT2D eigenvalue weighted by atomic mass is 9.98. The van der Waals surface area contributed by atoms with Crippen molar-refractivity contribution in [2.24, 2.45) is 0 Å². The van der Waals surface area contributed by atoms with Gasteiger partial charge in [-0.25, -0.2) is 4.79 Å². The molecule has 158 valence electrons. The van der Waals surface area contributed by atoms with E-state index in [4.69, 9.17) is 28.4 Å². The van der Waals surface area contributed by atoms with Gasteiger partial charge in [0.05, 0.1) is 18.4 Å². The first kappa shape index (κ1) is 20.2. The monoisotopic (exact) mass is 407 g/mol. The molecular weight excluding hydrogens is 382 g/mol. The number of ether oxygens (including phenoxy) is 6. The van der Waals surface area contributed by atoms with Gasteiger partial charge in [0.15, 0.2) is 24.0 Å². The quantitative estimate of drug-likeness (QED) is 0.757. The van der Waals surface area contributed by atoms with Crippen LogP contribution in [-0.4, -0.2) is 61.3 Å². The summed E-state index contributed by atoms with van der Waals surface area (Å²) in [6.45, 7) is 7.07. The van der Waals surface area contributed by atoms with Gasteiger partial charge in [-0.15, -0.1) is 0 Å². The zero-order valence-electron chi connectivity index (χ0n) is 17.0. The van der Waals surface area contributed by atoms with Crippen LogP contribution in [0.2, 0.25) is 0 Å². The van der Waals surface area contributed by atoms with Crippen LogP contribution in [0.3, 0.4) is 0 Å². The number of carbonyl (C=O) groups is 2. The highest BCUT2D eigenvalue weighted by Gasteiger charge is 2.62. The highest BCUT2D eigenvalue weighted by atomic mass is 16.9. The first-order valence-corrected chi connectivity index (χ1v) is 9.45. The highest BCUT2D eigenvalue weighted by Crippen LogP contribution is 2.44. The third kappa shape index (κ3) is 3.76. The van der Waals surface area contributed by atoms with Crippen molar-refractivity contribution in [2.75, 3.05) is 12.4 Å². The van der Waals surface area contributed by atoms with Gasteiger partial charge in [0.2, 0.25) is 0 Å². The second kappa shape index (κ2) is 7.03. The molecule has 5 atom stereocenters. The SMILES string of the molecule is COC(=O)c1ccccc1NC(=O)C1OC2OC(C)(C)OC2C2OC(C)(C)OC12. The van der Waals surface area contributed by atoms with Crippen LogP contribution >= 0.6 is 0 Å². The van der Waals surface area contributed by atoms with E-state index in [1.807, 2.05) is 0 Å². The molecular formula is C20H25NO8. The molecule has 3 saturated heterocycles. The maximum atomic E-state index is 13.1. The summed E-state index contributed by atoms with van der Waals surface area (Å²) in [5.41, 5.74) is 0.549. The lowest BCUT2D eigenvalue weighted by Gasteiger charge is -2.36. The van der Waals surface area contributed by atoms with Gasteiger partial charge in [-0.2, -0.15) is 0 Å². The van der Waals surface area contributed by atoms with E-state index >= 15 is 0 Å². The molecule has 1 N–H and O–H groups in total. The van der Waals surface area contributed by atoms with Gasteiger partial charge in [0, 0.05) is 0 Å². The summed E-state index contributed by atoms with van der Waals surface area (Å²) in [4.78, 5) is 25.1. The average Bonchev–Trinajstić information content (AvgIpc) is 3.14. The van der Waals surface area contributed by atoms with Crippen LogP contribution in [0.1, 0.15) is 38.1 Å². The van der Waals surface area contributed by atoms with Crippen molar-refractivity contribution in [3.63, 3.8) is 0 Å². The number of methoxy groups -OCH3 is 1. The Hall–Kier alpha value is -2.04. The zero-order valence-corrected chi connectivity index (χ0v) is 17.0. The molecule has 3 aliphatic heterocycles. The minimum atomic E-state index is -1.02. The Bertz CT molecular complexity index is 822. The lowest BCUT2D eigenvalue weighted by molar-refractivity contribution is -0.229. The van der Waals surface area contributed by atoms with Crippen molar-refractivity contribution in [1.82, 2.24) is 0 Å². The molecule has 3 heterocycles. The van der Waals surface area contributed by atoms with Gasteiger partial charge in [-0.05, 0) is 39.8 Å². The van der Waals surface area contributed by atoms with Gasteiger partial charge in [0.25, 0.3) is 5.91 Å². The zero-order chi connectivity index (χ0) is 21.0. The topological polar surface area (TPSA) is 102 Å². The van der Waals surface area contributed by atoms with Crippen LogP contribution in [0.25, 0.3) is 0 Å². The van der Waals surface area contributed by atoms with Crippen molar-refractivity contribution in [1.29, 1.82) is 0 Å². The van der Waals surface area contributed by atoms with Crippen LogP contribution < -0.4 is 5.32 Å². The number of hydrogen-bond acceptors (Lipinski definition) is 8. The fraction of sp³-hybridized carbons (Fsp3) is 0.600. The molecule has 0 aliphatic carbocycles. The predicted octanol–water partition coefficient (Wildman–Crippen LogP) is 1.81. The van der Waals surface area contributed by atoms with Gasteiger partial charge in [-0.3, -0.25) is 4.79 Å². The smallest absolute Gasteiger partial charge is 0.339 e. The number of rotatable bonds is 3. The van der Waals surface area contributed by atoms with Gasteiger partial charge >= 0.3 is 5.97 Å². The second-order valence-corrected chi connectivity index (χ2v) is 8.12. The van der Waals surface area contributed by atoms with E-state index < -0.39 is 54.2 Å². The van der Waals surface area contributed by atoms with Gasteiger partial charge in [-0.1, -0.05) is 12.1 Å². The maximum absolute atomic E-state index is 13.1. The maximum Gasteiger partial charge on any atom is 0.339 e. The number of fused-ring (bicyclic) bond motifs is 3. The molecule has 9 heteroatoms. The van der Waals surface area contributed by atoms with Gasteiger partial charge in [0.1, 0.15) is 18.3 Å². The molecule has 4 rings (SSSR count). The molecule has 3 aliphatic rings. The molecule has 1 aromatic carbocycles. The fourth-order valence-corrected chi connectivity index (χ4v) is 3.91. The first-order valence-electron chi connectivity index (χ1n) is 9.45. The average molecular weight is 407 g/mol. The largest absolute Gasteiger partial charge is 0.465 e. The van der Waals surface area contributed by atoms with Gasteiger partial charge < -0.3 is 33.7 Å². The van der Waals surface area contributed by atoms with E-state index in [2.05, 4.69) is 5.32 Å². The lowest BCUT2D eigenvalue weighted by Crippen LogP contribution is -2.58. The minimum Gasteiger partial charge on any atom is -0.465 e. The molecule has 0 radical (unpaired) electrons. The Kier molecular flexibility index (Phi) is 4.91. The predicted molar refractivity (Wildman–Crippen MR) is 98.9 cm³/mol. The summed E-state index contributed by atoms with van der Waals surface area (Å²) in [6, 6.07) is 6.57. The Balaban J connectivity index is 1.59. The Morgan fingerprint density at radius 3 is 2.28 bits per heavy atom. The number of carbonyl (C=O) groups excluding carboxylic acids is 2. The van der Waals surface area contributed by atoms with Crippen molar-refractivity contribution in [3.8, 4) is 0 Å². The molecule has 3 fully saturated rings. The van der Waals surface area contributed by atoms with E-state index in [-0.39, 0.29) is 5.56 Å². The van der Waals surface area contributed by atoms with E-state index in [1.54, 1.807) is 52.0 Å². The summed E-state index contributed by atoms with van der Waals surface area (Å²) in [5, 5.41) is 2.74. The normalized spacial score (nSPS) is 34.2. The molecule has 0 spiro atoms. The number of amides is 1. The van der Waals surface area contributed by atoms with Crippen molar-refractivity contribution < 1.29 is 38.0 Å². The number of para-hydroxylation sites is 1. The van der Waals surface area contributed by atoms with Crippen LogP contribution in [0, 0.1) is 0 Å². The molecule has 5 unspecified atom stereocenters. The van der Waals surface area contributed by atoms with Crippen LogP contribution in [0.5, 0.6) is 0 Å². The summed E-state index contributed by atoms with van der Waals surface area (Å²) in [6.07, 6.45) is -3.57. The molecule has 9 nitrogen and oxygen atoms in total. The van der Waals surface area contributed by atoms with Crippen LogP contribution in [0.4, 0.5) is 5.69 Å². The molecule has 1 amide bonds. The van der Waals surface area contributed by atoms with E-state index in [0.29, 0.717) is 5.69 Å². The van der Waals surface area contributed by atoms with E-state index in [1.165, 1.54) is 7.11 Å². The summed E-state index contributed by atoms with van der Waals surface area (Å²) >= 11 is 0. The Morgan fingerprint density at radius 2 is 1.55 bits per heavy atom. The summed E-state index contributed by atoms with van der Waals surface area (Å²) < 4.78 is 34.4. The standard InChI is InChI=1S/C20H25NO8/c1-19(2)26-12-13(27-19)15-18(29-20(3,4)28-15)25-14(12)16(22)21-11-9-7-6-8-10(11)17(23)24-5/h6-9,12-15,18H,1-5H3,(H,21,22). The molecule has 29 heavy (non-hydrogen) atoms. The summed E-state index contributed by atoms with van der Waals surface area (Å²) in [7, 11) is 1.28. The van der Waals surface area contributed by atoms with Crippen molar-refractivity contribution >= 4 is 17.6 Å². The minimum absolute atomic E-state index is 0.235. The Labute approximate surface area is 168 Å². The molecule has 1 aromatic rings.